The summed E-state index contributed by atoms with van der Waals surface area (Å²) >= 11 is 0.954. The topological polar surface area (TPSA) is 66.4 Å². The largest absolute Gasteiger partial charge is 0.477 e. The summed E-state index contributed by atoms with van der Waals surface area (Å²) in [6, 6.07) is 6.39. The molecule has 7 heteroatoms. The van der Waals surface area contributed by atoms with Crippen molar-refractivity contribution in [1.29, 1.82) is 0 Å². The molecule has 1 amide bonds. The van der Waals surface area contributed by atoms with Crippen LogP contribution in [0.2, 0.25) is 0 Å². The van der Waals surface area contributed by atoms with E-state index in [1.54, 1.807) is 0 Å². The van der Waals surface area contributed by atoms with Crippen molar-refractivity contribution in [2.45, 2.75) is 12.8 Å². The van der Waals surface area contributed by atoms with Gasteiger partial charge in [-0.3, -0.25) is 4.79 Å². The molecular weight excluding hydrogens is 300 g/mol. The first-order chi connectivity index (χ1) is 9.95. The molecule has 2 N–H and O–H groups in total. The van der Waals surface area contributed by atoms with Crippen molar-refractivity contribution in [3.8, 4) is 0 Å². The number of amides is 1. The second-order valence-corrected chi connectivity index (χ2v) is 5.35. The van der Waals surface area contributed by atoms with Gasteiger partial charge in [-0.15, -0.1) is 11.3 Å². The van der Waals surface area contributed by atoms with Crippen molar-refractivity contribution < 1.29 is 23.5 Å². The van der Waals surface area contributed by atoms with Crippen LogP contribution < -0.4 is 5.32 Å². The number of thiophene rings is 1. The minimum Gasteiger partial charge on any atom is -0.477 e. The van der Waals surface area contributed by atoms with Crippen LogP contribution in [0.5, 0.6) is 0 Å². The number of carboxylic acids is 1. The lowest BCUT2D eigenvalue weighted by molar-refractivity contribution is -0.116. The Labute approximate surface area is 123 Å². The molecule has 1 heterocycles. The average Bonchev–Trinajstić information content (AvgIpc) is 2.89. The van der Waals surface area contributed by atoms with Gasteiger partial charge in [-0.1, -0.05) is 6.07 Å². The Balaban J connectivity index is 1.89. The maximum absolute atomic E-state index is 13.0. The van der Waals surface area contributed by atoms with Gasteiger partial charge < -0.3 is 10.4 Å². The molecule has 1 aromatic heterocycles. The molecular formula is C14H11F2NO3S. The van der Waals surface area contributed by atoms with Gasteiger partial charge in [0.2, 0.25) is 5.91 Å². The first-order valence-electron chi connectivity index (χ1n) is 6.02. The van der Waals surface area contributed by atoms with Gasteiger partial charge in [0.1, 0.15) is 4.88 Å². The molecule has 0 aliphatic heterocycles. The predicted octanol–water partition coefficient (Wildman–Crippen LogP) is 3.30. The molecule has 0 unspecified atom stereocenters. The van der Waals surface area contributed by atoms with E-state index in [2.05, 4.69) is 5.32 Å². The third-order valence-corrected chi connectivity index (χ3v) is 3.69. The van der Waals surface area contributed by atoms with Crippen molar-refractivity contribution in [3.05, 3.63) is 52.4 Å². The molecule has 0 saturated carbocycles. The lowest BCUT2D eigenvalue weighted by Gasteiger charge is -2.03. The standard InChI is InChI=1S/C14H11F2NO3S/c15-9-3-1-8(7-10(9)16)2-5-12(18)17-13-6-4-11(21-13)14(19)20/h1,3-4,6-7H,2,5H2,(H,17,18)(H,19,20). The Morgan fingerprint density at radius 2 is 1.90 bits per heavy atom. The van der Waals surface area contributed by atoms with Crippen molar-refractivity contribution in [1.82, 2.24) is 0 Å². The van der Waals surface area contributed by atoms with Crippen LogP contribution in [-0.2, 0) is 11.2 Å². The lowest BCUT2D eigenvalue weighted by atomic mass is 10.1. The van der Waals surface area contributed by atoms with Gasteiger partial charge in [0, 0.05) is 6.42 Å². The molecule has 1 aromatic carbocycles. The summed E-state index contributed by atoms with van der Waals surface area (Å²) in [6.45, 7) is 0. The van der Waals surface area contributed by atoms with Crippen LogP contribution in [0.1, 0.15) is 21.7 Å². The fourth-order valence-corrected chi connectivity index (χ4v) is 2.43. The number of hydrogen-bond acceptors (Lipinski definition) is 3. The summed E-state index contributed by atoms with van der Waals surface area (Å²) in [5, 5.41) is 11.8. The number of carbonyl (C=O) groups excluding carboxylic acids is 1. The SMILES string of the molecule is O=C(CCc1ccc(F)c(F)c1)Nc1ccc(C(=O)O)s1. The van der Waals surface area contributed by atoms with Crippen LogP contribution in [0.3, 0.4) is 0 Å². The minimum absolute atomic E-state index is 0.0887. The smallest absolute Gasteiger partial charge is 0.345 e. The van der Waals surface area contributed by atoms with Crippen molar-refractivity contribution >= 4 is 28.2 Å². The van der Waals surface area contributed by atoms with E-state index in [1.807, 2.05) is 0 Å². The van der Waals surface area contributed by atoms with Gasteiger partial charge in [0.25, 0.3) is 0 Å². The summed E-state index contributed by atoms with van der Waals surface area (Å²) < 4.78 is 25.8. The summed E-state index contributed by atoms with van der Waals surface area (Å²) in [7, 11) is 0. The number of aromatic carboxylic acids is 1. The number of aryl methyl sites for hydroxylation is 1. The molecule has 2 rings (SSSR count). The van der Waals surface area contributed by atoms with Crippen LogP contribution in [0.25, 0.3) is 0 Å². The number of anilines is 1. The second-order valence-electron chi connectivity index (χ2n) is 4.27. The summed E-state index contributed by atoms with van der Waals surface area (Å²) in [5.74, 6) is -3.25. The highest BCUT2D eigenvalue weighted by molar-refractivity contribution is 7.18. The molecule has 0 spiro atoms. The third kappa shape index (κ3) is 4.09. The number of benzene rings is 1. The lowest BCUT2D eigenvalue weighted by Crippen LogP contribution is -2.11. The van der Waals surface area contributed by atoms with E-state index in [0.29, 0.717) is 10.6 Å². The van der Waals surface area contributed by atoms with Crippen molar-refractivity contribution in [2.75, 3.05) is 5.32 Å². The number of carboxylic acid groups (broad SMARTS) is 1. The van der Waals surface area contributed by atoms with Gasteiger partial charge >= 0.3 is 5.97 Å². The molecule has 0 aliphatic carbocycles. The number of nitrogens with one attached hydrogen (secondary N) is 1. The van der Waals surface area contributed by atoms with Crippen LogP contribution >= 0.6 is 11.3 Å². The third-order valence-electron chi connectivity index (χ3n) is 2.70. The van der Waals surface area contributed by atoms with Crippen LogP contribution in [0, 0.1) is 11.6 Å². The van der Waals surface area contributed by atoms with E-state index in [9.17, 15) is 18.4 Å². The molecule has 2 aromatic rings. The highest BCUT2D eigenvalue weighted by Gasteiger charge is 2.10. The average molecular weight is 311 g/mol. The van der Waals surface area contributed by atoms with E-state index in [4.69, 9.17) is 5.11 Å². The Kier molecular flexibility index (Phi) is 4.64. The van der Waals surface area contributed by atoms with Crippen LogP contribution in [-0.4, -0.2) is 17.0 Å². The van der Waals surface area contributed by atoms with Crippen LogP contribution in [0.15, 0.2) is 30.3 Å². The molecule has 0 saturated heterocycles. The van der Waals surface area contributed by atoms with E-state index < -0.39 is 17.6 Å². The van der Waals surface area contributed by atoms with E-state index in [-0.39, 0.29) is 23.6 Å². The van der Waals surface area contributed by atoms with Crippen molar-refractivity contribution in [3.63, 3.8) is 0 Å². The first-order valence-corrected chi connectivity index (χ1v) is 6.84. The zero-order chi connectivity index (χ0) is 15.4. The highest BCUT2D eigenvalue weighted by atomic mass is 32.1. The number of hydrogen-bond donors (Lipinski definition) is 2. The molecule has 0 atom stereocenters. The Bertz CT molecular complexity index is 685. The molecule has 0 bridgehead atoms. The maximum Gasteiger partial charge on any atom is 0.345 e. The van der Waals surface area contributed by atoms with Gasteiger partial charge in [-0.2, -0.15) is 0 Å². The predicted molar refractivity (Wildman–Crippen MR) is 74.6 cm³/mol. The van der Waals surface area contributed by atoms with Gasteiger partial charge in [0.05, 0.1) is 5.00 Å². The molecule has 0 fully saturated rings. The summed E-state index contributed by atoms with van der Waals surface area (Å²) in [4.78, 5) is 22.5. The molecule has 4 nitrogen and oxygen atoms in total. The second kappa shape index (κ2) is 6.45. The highest BCUT2D eigenvalue weighted by Crippen LogP contribution is 2.22. The Morgan fingerprint density at radius 3 is 2.52 bits per heavy atom. The molecule has 0 aliphatic rings. The van der Waals surface area contributed by atoms with E-state index in [1.165, 1.54) is 18.2 Å². The fourth-order valence-electron chi connectivity index (χ4n) is 1.67. The summed E-state index contributed by atoms with van der Waals surface area (Å²) in [5.41, 5.74) is 0.515. The number of halogens is 2. The first kappa shape index (κ1) is 15.1. The monoisotopic (exact) mass is 311 g/mol. The summed E-state index contributed by atoms with van der Waals surface area (Å²) in [6.07, 6.45) is 0.353. The van der Waals surface area contributed by atoms with Gasteiger partial charge in [-0.25, -0.2) is 13.6 Å². The van der Waals surface area contributed by atoms with Gasteiger partial charge in [-0.05, 0) is 36.2 Å². The molecule has 21 heavy (non-hydrogen) atoms. The fraction of sp³-hybridized carbons (Fsp3) is 0.143. The normalized spacial score (nSPS) is 10.4. The minimum atomic E-state index is -1.05. The Hall–Kier alpha value is -2.28. The zero-order valence-electron chi connectivity index (χ0n) is 10.7. The quantitative estimate of drug-likeness (QED) is 0.890. The molecule has 0 radical (unpaired) electrons. The zero-order valence-corrected chi connectivity index (χ0v) is 11.5. The van der Waals surface area contributed by atoms with Gasteiger partial charge in [0.15, 0.2) is 11.6 Å². The van der Waals surface area contributed by atoms with E-state index in [0.717, 1.165) is 23.5 Å². The molecule has 110 valence electrons. The Morgan fingerprint density at radius 1 is 1.14 bits per heavy atom. The number of carbonyl (C=O) groups is 2. The van der Waals surface area contributed by atoms with E-state index >= 15 is 0 Å². The van der Waals surface area contributed by atoms with Crippen molar-refractivity contribution in [2.24, 2.45) is 0 Å². The van der Waals surface area contributed by atoms with Crippen LogP contribution in [0.4, 0.5) is 13.8 Å². The number of rotatable bonds is 5. The maximum atomic E-state index is 13.0.